The van der Waals surface area contributed by atoms with Gasteiger partial charge in [0.1, 0.15) is 0 Å². The highest BCUT2D eigenvalue weighted by atomic mass is 127. The van der Waals surface area contributed by atoms with E-state index in [9.17, 15) is 0 Å². The molecule has 0 spiro atoms. The molecule has 0 aliphatic carbocycles. The van der Waals surface area contributed by atoms with Crippen molar-refractivity contribution < 1.29 is 0 Å². The van der Waals surface area contributed by atoms with Crippen LogP contribution >= 0.6 is 24.0 Å². The predicted molar refractivity (Wildman–Crippen MR) is 119 cm³/mol. The molecule has 0 saturated carbocycles. The molecule has 25 heavy (non-hydrogen) atoms. The lowest BCUT2D eigenvalue weighted by Gasteiger charge is -2.14. The van der Waals surface area contributed by atoms with Crippen molar-refractivity contribution in [2.45, 2.75) is 33.9 Å². The summed E-state index contributed by atoms with van der Waals surface area (Å²) in [6, 6.07) is 14.7. The lowest BCUT2D eigenvalue weighted by atomic mass is 10.1. The van der Waals surface area contributed by atoms with Gasteiger partial charge in [0.05, 0.1) is 6.54 Å². The predicted octanol–water partition coefficient (Wildman–Crippen LogP) is 4.30. The van der Waals surface area contributed by atoms with Crippen LogP contribution in [0, 0.1) is 13.8 Å². The topological polar surface area (TPSA) is 53.6 Å². The molecule has 2 aromatic rings. The number of nitrogens with two attached hydrogens (primary N) is 1. The van der Waals surface area contributed by atoms with Crippen molar-refractivity contribution in [1.29, 1.82) is 0 Å². The Balaban J connectivity index is 0.00000312. The van der Waals surface area contributed by atoms with E-state index in [0.29, 0.717) is 12.5 Å². The third-order valence-corrected chi connectivity index (χ3v) is 4.20. The maximum Gasteiger partial charge on any atom is 0.193 e. The molecule has 0 atom stereocenters. The van der Waals surface area contributed by atoms with Crippen LogP contribution in [0.2, 0.25) is 0 Å². The minimum absolute atomic E-state index is 0. The molecule has 0 amide bonds. The van der Waals surface area contributed by atoms with Crippen LogP contribution in [-0.4, -0.2) is 24.5 Å². The molecule has 0 heterocycles. The van der Waals surface area contributed by atoms with E-state index in [0.717, 1.165) is 18.8 Å². The van der Waals surface area contributed by atoms with E-state index in [4.69, 9.17) is 5.73 Å². The van der Waals surface area contributed by atoms with Crippen LogP contribution in [0.25, 0.3) is 0 Å². The maximum absolute atomic E-state index is 6.01. The second kappa shape index (κ2) is 10.4. The van der Waals surface area contributed by atoms with Crippen molar-refractivity contribution in [3.8, 4) is 0 Å². The van der Waals surface area contributed by atoms with Gasteiger partial charge in [0.15, 0.2) is 5.96 Å². The molecule has 0 bridgehead atoms. The summed E-state index contributed by atoms with van der Waals surface area (Å²) in [6.45, 7) is 8.91. The summed E-state index contributed by atoms with van der Waals surface area (Å²) < 4.78 is 0. The fourth-order valence-corrected chi connectivity index (χ4v) is 2.43. The number of halogens is 1. The van der Waals surface area contributed by atoms with Crippen LogP contribution < -0.4 is 11.1 Å². The van der Waals surface area contributed by atoms with Gasteiger partial charge in [-0.05, 0) is 61.8 Å². The normalized spacial score (nSPS) is 11.3. The number of hydrogen-bond acceptors (Lipinski definition) is 2. The standard InChI is InChI=1S/C20H28N4.HI/c1-5-24(4)14-18-8-6-7-17(12-18)13-22-20(21)23-19-10-9-15(2)16(3)11-19;/h6-12H,5,13-14H2,1-4H3,(H3,21,22,23);1H. The fraction of sp³-hybridized carbons (Fsp3) is 0.350. The smallest absolute Gasteiger partial charge is 0.193 e. The molecular weight excluding hydrogens is 423 g/mol. The number of nitrogens with one attached hydrogen (secondary N) is 1. The lowest BCUT2D eigenvalue weighted by Crippen LogP contribution is -2.22. The Bertz CT molecular complexity index is 713. The first-order valence-electron chi connectivity index (χ1n) is 8.38. The molecular formula is C20H29IN4. The van der Waals surface area contributed by atoms with Crippen molar-refractivity contribution in [3.63, 3.8) is 0 Å². The Morgan fingerprint density at radius 2 is 1.80 bits per heavy atom. The lowest BCUT2D eigenvalue weighted by molar-refractivity contribution is 0.345. The van der Waals surface area contributed by atoms with Crippen molar-refractivity contribution >= 4 is 35.6 Å². The number of nitrogens with zero attached hydrogens (tertiary/aromatic N) is 2. The molecule has 0 unspecified atom stereocenters. The van der Waals surface area contributed by atoms with E-state index < -0.39 is 0 Å². The van der Waals surface area contributed by atoms with Gasteiger partial charge in [0, 0.05) is 12.2 Å². The van der Waals surface area contributed by atoms with Gasteiger partial charge in [0.25, 0.3) is 0 Å². The first-order chi connectivity index (χ1) is 11.5. The zero-order valence-corrected chi connectivity index (χ0v) is 17.9. The fourth-order valence-electron chi connectivity index (χ4n) is 2.43. The van der Waals surface area contributed by atoms with Gasteiger partial charge in [-0.1, -0.05) is 37.3 Å². The summed E-state index contributed by atoms with van der Waals surface area (Å²) in [4.78, 5) is 6.73. The zero-order valence-electron chi connectivity index (χ0n) is 15.5. The number of benzene rings is 2. The van der Waals surface area contributed by atoms with Gasteiger partial charge in [-0.2, -0.15) is 0 Å². The van der Waals surface area contributed by atoms with Crippen LogP contribution in [0.4, 0.5) is 5.69 Å². The average Bonchev–Trinajstić information content (AvgIpc) is 2.56. The zero-order chi connectivity index (χ0) is 17.5. The summed E-state index contributed by atoms with van der Waals surface area (Å²) in [5, 5.41) is 3.16. The first-order valence-corrected chi connectivity index (χ1v) is 8.38. The molecule has 3 N–H and O–H groups in total. The van der Waals surface area contributed by atoms with E-state index in [1.807, 2.05) is 6.07 Å². The highest BCUT2D eigenvalue weighted by Crippen LogP contribution is 2.14. The van der Waals surface area contributed by atoms with Crippen LogP contribution in [0.15, 0.2) is 47.5 Å². The highest BCUT2D eigenvalue weighted by molar-refractivity contribution is 14.0. The molecule has 0 aromatic heterocycles. The first kappa shape index (κ1) is 21.4. The SMILES string of the molecule is CCN(C)Cc1cccc(CN=C(N)Nc2ccc(C)c(C)c2)c1.I. The van der Waals surface area contributed by atoms with E-state index in [1.54, 1.807) is 0 Å². The summed E-state index contributed by atoms with van der Waals surface area (Å²) in [5.41, 5.74) is 12.0. The van der Waals surface area contributed by atoms with Crippen molar-refractivity contribution in [2.24, 2.45) is 10.7 Å². The Morgan fingerprint density at radius 3 is 2.48 bits per heavy atom. The molecule has 2 rings (SSSR count). The van der Waals surface area contributed by atoms with Crippen molar-refractivity contribution in [2.75, 3.05) is 18.9 Å². The summed E-state index contributed by atoms with van der Waals surface area (Å²) in [6.07, 6.45) is 0. The molecule has 0 fully saturated rings. The number of guanidine groups is 1. The third kappa shape index (κ3) is 7.04. The number of aliphatic imine (C=N–C) groups is 1. The largest absolute Gasteiger partial charge is 0.370 e. The van der Waals surface area contributed by atoms with E-state index >= 15 is 0 Å². The second-order valence-electron chi connectivity index (χ2n) is 6.28. The third-order valence-electron chi connectivity index (χ3n) is 4.20. The minimum atomic E-state index is 0. The second-order valence-corrected chi connectivity index (χ2v) is 6.28. The molecule has 0 aliphatic rings. The van der Waals surface area contributed by atoms with Gasteiger partial charge in [0.2, 0.25) is 0 Å². The molecule has 4 nitrogen and oxygen atoms in total. The molecule has 2 aromatic carbocycles. The van der Waals surface area contributed by atoms with Gasteiger partial charge in [-0.3, -0.25) is 0 Å². The number of anilines is 1. The minimum Gasteiger partial charge on any atom is -0.370 e. The van der Waals surface area contributed by atoms with E-state index in [1.165, 1.54) is 22.3 Å². The van der Waals surface area contributed by atoms with Crippen molar-refractivity contribution in [1.82, 2.24) is 4.90 Å². The quantitative estimate of drug-likeness (QED) is 0.391. The van der Waals surface area contributed by atoms with Crippen LogP contribution in [0.3, 0.4) is 0 Å². The van der Waals surface area contributed by atoms with Gasteiger partial charge >= 0.3 is 0 Å². The summed E-state index contributed by atoms with van der Waals surface area (Å²) >= 11 is 0. The number of hydrogen-bond donors (Lipinski definition) is 2. The van der Waals surface area contributed by atoms with E-state index in [-0.39, 0.29) is 24.0 Å². The van der Waals surface area contributed by atoms with Crippen LogP contribution in [0.1, 0.15) is 29.2 Å². The van der Waals surface area contributed by atoms with Crippen molar-refractivity contribution in [3.05, 3.63) is 64.7 Å². The summed E-state index contributed by atoms with van der Waals surface area (Å²) in [7, 11) is 2.12. The molecule has 0 aliphatic heterocycles. The van der Waals surface area contributed by atoms with E-state index in [2.05, 4.69) is 79.4 Å². The Hall–Kier alpha value is -1.60. The van der Waals surface area contributed by atoms with Gasteiger partial charge in [-0.25, -0.2) is 4.99 Å². The Kier molecular flexibility index (Phi) is 8.92. The monoisotopic (exact) mass is 452 g/mol. The average molecular weight is 452 g/mol. The van der Waals surface area contributed by atoms with Crippen LogP contribution in [-0.2, 0) is 13.1 Å². The Labute approximate surface area is 168 Å². The number of rotatable bonds is 6. The van der Waals surface area contributed by atoms with Gasteiger partial charge < -0.3 is 16.0 Å². The summed E-state index contributed by atoms with van der Waals surface area (Å²) in [5.74, 6) is 0.439. The molecule has 0 radical (unpaired) electrons. The Morgan fingerprint density at radius 1 is 1.08 bits per heavy atom. The molecule has 0 saturated heterocycles. The molecule has 136 valence electrons. The maximum atomic E-state index is 6.01. The highest BCUT2D eigenvalue weighted by Gasteiger charge is 2.01. The molecule has 5 heteroatoms. The van der Waals surface area contributed by atoms with Crippen LogP contribution in [0.5, 0.6) is 0 Å². The van der Waals surface area contributed by atoms with Gasteiger partial charge in [-0.15, -0.1) is 24.0 Å². The number of aryl methyl sites for hydroxylation is 2.